The van der Waals surface area contributed by atoms with Crippen molar-refractivity contribution >= 4 is 35.4 Å². The van der Waals surface area contributed by atoms with Gasteiger partial charge in [-0.2, -0.15) is 0 Å². The number of carbonyl (C=O) groups is 4. The number of alkyl carbamates (subject to hydrolysis) is 1. The van der Waals surface area contributed by atoms with Gasteiger partial charge in [0.2, 0.25) is 5.91 Å². The van der Waals surface area contributed by atoms with Gasteiger partial charge in [-0.15, -0.1) is 11.6 Å². The number of ether oxygens (including phenoxy) is 2. The second kappa shape index (κ2) is 16.4. The molecule has 0 aliphatic heterocycles. The summed E-state index contributed by atoms with van der Waals surface area (Å²) in [7, 11) is 0. The van der Waals surface area contributed by atoms with Crippen LogP contribution >= 0.6 is 11.6 Å². The van der Waals surface area contributed by atoms with Crippen molar-refractivity contribution in [2.45, 2.75) is 64.8 Å². The fraction of sp³-hybridized carbons (Fsp3) is 0.429. The zero-order valence-corrected chi connectivity index (χ0v) is 22.0. The highest BCUT2D eigenvalue weighted by Gasteiger charge is 2.27. The fourth-order valence-corrected chi connectivity index (χ4v) is 3.64. The Hall–Kier alpha value is -3.39. The first-order valence-electron chi connectivity index (χ1n) is 12.4. The number of hydrogen-bond acceptors (Lipinski definition) is 6. The molecule has 0 aromatic heterocycles. The fourth-order valence-electron chi connectivity index (χ4n) is 3.45. The molecule has 2 amide bonds. The molecule has 0 saturated heterocycles. The highest BCUT2D eigenvalue weighted by atomic mass is 35.5. The molecular formula is C28H35ClN2O6. The monoisotopic (exact) mass is 530 g/mol. The second-order valence-corrected chi connectivity index (χ2v) is 9.22. The van der Waals surface area contributed by atoms with Gasteiger partial charge in [0.05, 0.1) is 12.0 Å². The summed E-state index contributed by atoms with van der Waals surface area (Å²) in [5.74, 6) is -1.55. The molecule has 0 spiro atoms. The van der Waals surface area contributed by atoms with E-state index in [-0.39, 0.29) is 25.4 Å². The van der Waals surface area contributed by atoms with Crippen LogP contribution in [0, 0.1) is 5.92 Å². The van der Waals surface area contributed by atoms with E-state index in [1.807, 2.05) is 60.7 Å². The van der Waals surface area contributed by atoms with Crippen LogP contribution in [0.4, 0.5) is 4.79 Å². The van der Waals surface area contributed by atoms with Gasteiger partial charge in [0.25, 0.3) is 0 Å². The van der Waals surface area contributed by atoms with E-state index in [0.29, 0.717) is 25.1 Å². The minimum Gasteiger partial charge on any atom is -0.461 e. The summed E-state index contributed by atoms with van der Waals surface area (Å²) in [6, 6.07) is 16.7. The molecule has 200 valence electrons. The molecule has 3 atom stereocenters. The van der Waals surface area contributed by atoms with Crippen molar-refractivity contribution < 1.29 is 28.7 Å². The smallest absolute Gasteiger partial charge is 0.408 e. The second-order valence-electron chi connectivity index (χ2n) is 8.84. The number of benzene rings is 2. The number of halogens is 1. The molecule has 0 fully saturated rings. The molecule has 2 aromatic carbocycles. The Balaban J connectivity index is 1.84. The van der Waals surface area contributed by atoms with E-state index >= 15 is 0 Å². The van der Waals surface area contributed by atoms with Crippen LogP contribution < -0.4 is 10.6 Å². The zero-order chi connectivity index (χ0) is 27.0. The van der Waals surface area contributed by atoms with Gasteiger partial charge in [0.15, 0.2) is 5.78 Å². The Kier molecular flexibility index (Phi) is 13.2. The maximum atomic E-state index is 12.9. The molecule has 2 aromatic rings. The lowest BCUT2D eigenvalue weighted by atomic mass is 10.0. The Morgan fingerprint density at radius 3 is 1.95 bits per heavy atom. The van der Waals surface area contributed by atoms with Crippen molar-refractivity contribution in [2.24, 2.45) is 5.92 Å². The van der Waals surface area contributed by atoms with Crippen LogP contribution in [0.5, 0.6) is 0 Å². The van der Waals surface area contributed by atoms with Gasteiger partial charge in [0, 0.05) is 12.3 Å². The van der Waals surface area contributed by atoms with E-state index in [9.17, 15) is 19.2 Å². The van der Waals surface area contributed by atoms with E-state index < -0.39 is 36.0 Å². The first kappa shape index (κ1) is 29.8. The number of alkyl halides is 1. The summed E-state index contributed by atoms with van der Waals surface area (Å²) in [4.78, 5) is 50.2. The predicted octanol–water partition coefficient (Wildman–Crippen LogP) is 4.53. The van der Waals surface area contributed by atoms with Gasteiger partial charge in [-0.25, -0.2) is 4.79 Å². The molecule has 0 aliphatic rings. The van der Waals surface area contributed by atoms with Crippen LogP contribution in [-0.4, -0.2) is 41.7 Å². The molecule has 2 rings (SSSR count). The van der Waals surface area contributed by atoms with Crippen molar-refractivity contribution in [1.29, 1.82) is 0 Å². The quantitative estimate of drug-likeness (QED) is 0.199. The minimum atomic E-state index is -0.894. The van der Waals surface area contributed by atoms with Crippen LogP contribution in [0.3, 0.4) is 0 Å². The molecule has 37 heavy (non-hydrogen) atoms. The standard InChI is InChI=1S/C28H35ClN2O6/c1-20(27(34)36-18-22-11-5-3-6-12-22)17-25(32)21(2)30-26(33)24(15-9-10-16-29)31-28(35)37-19-23-13-7-4-8-14-23/h3-8,11-14,20-21,24H,9-10,15-19H2,1-2H3,(H,30,33)(H,31,35)/t20-,21+,24+/m1/s1. The van der Waals surface area contributed by atoms with Crippen LogP contribution in [0.2, 0.25) is 0 Å². The Morgan fingerprint density at radius 1 is 0.811 bits per heavy atom. The number of carbonyl (C=O) groups excluding carboxylic acids is 4. The Labute approximate surface area is 223 Å². The number of hydrogen-bond donors (Lipinski definition) is 2. The largest absolute Gasteiger partial charge is 0.461 e. The first-order chi connectivity index (χ1) is 17.8. The van der Waals surface area contributed by atoms with Crippen molar-refractivity contribution in [3.63, 3.8) is 0 Å². The molecule has 2 N–H and O–H groups in total. The molecule has 0 bridgehead atoms. The maximum Gasteiger partial charge on any atom is 0.408 e. The summed E-state index contributed by atoms with van der Waals surface area (Å²) in [6.45, 7) is 3.35. The number of unbranched alkanes of at least 4 members (excludes halogenated alkanes) is 1. The highest BCUT2D eigenvalue weighted by Crippen LogP contribution is 2.11. The average molecular weight is 531 g/mol. The lowest BCUT2D eigenvalue weighted by Gasteiger charge is -2.21. The number of esters is 1. The number of amides is 2. The first-order valence-corrected chi connectivity index (χ1v) is 12.9. The Morgan fingerprint density at radius 2 is 1.38 bits per heavy atom. The van der Waals surface area contributed by atoms with Gasteiger partial charge in [-0.05, 0) is 37.3 Å². The highest BCUT2D eigenvalue weighted by molar-refractivity contribution is 6.17. The lowest BCUT2D eigenvalue weighted by Crippen LogP contribution is -2.51. The summed E-state index contributed by atoms with van der Waals surface area (Å²) >= 11 is 5.75. The minimum absolute atomic E-state index is 0.0653. The van der Waals surface area contributed by atoms with Gasteiger partial charge >= 0.3 is 12.1 Å². The SMILES string of the molecule is C[C@H](CC(=O)[C@H](C)NC(=O)[C@H](CCCCCl)NC(=O)OCc1ccccc1)C(=O)OCc1ccccc1. The number of Topliss-reactive ketones (excluding diaryl/α,β-unsaturated/α-hetero) is 1. The third-order valence-electron chi connectivity index (χ3n) is 5.67. The van der Waals surface area contributed by atoms with Crippen LogP contribution in [0.1, 0.15) is 50.7 Å². The van der Waals surface area contributed by atoms with Crippen molar-refractivity contribution in [1.82, 2.24) is 10.6 Å². The molecule has 0 saturated carbocycles. The van der Waals surface area contributed by atoms with Crippen molar-refractivity contribution in [3.05, 3.63) is 71.8 Å². The molecular weight excluding hydrogens is 496 g/mol. The van der Waals surface area contributed by atoms with Crippen LogP contribution in [0.25, 0.3) is 0 Å². The van der Waals surface area contributed by atoms with E-state index in [1.165, 1.54) is 0 Å². The number of nitrogens with one attached hydrogen (secondary N) is 2. The summed E-state index contributed by atoms with van der Waals surface area (Å²) < 4.78 is 10.5. The summed E-state index contributed by atoms with van der Waals surface area (Å²) in [5.41, 5.74) is 1.67. The van der Waals surface area contributed by atoms with E-state index in [2.05, 4.69) is 10.6 Å². The molecule has 0 unspecified atom stereocenters. The predicted molar refractivity (Wildman–Crippen MR) is 141 cm³/mol. The van der Waals surface area contributed by atoms with Crippen molar-refractivity contribution in [3.8, 4) is 0 Å². The Bertz CT molecular complexity index is 1000. The number of rotatable bonds is 15. The molecule has 8 nitrogen and oxygen atoms in total. The van der Waals surface area contributed by atoms with E-state index in [0.717, 1.165) is 11.1 Å². The van der Waals surface area contributed by atoms with E-state index in [1.54, 1.807) is 13.8 Å². The van der Waals surface area contributed by atoms with E-state index in [4.69, 9.17) is 21.1 Å². The lowest BCUT2D eigenvalue weighted by molar-refractivity contribution is -0.150. The van der Waals surface area contributed by atoms with Crippen LogP contribution in [0.15, 0.2) is 60.7 Å². The van der Waals surface area contributed by atoms with Gasteiger partial charge in [0.1, 0.15) is 19.3 Å². The molecule has 9 heteroatoms. The molecule has 0 radical (unpaired) electrons. The van der Waals surface area contributed by atoms with Gasteiger partial charge in [-0.1, -0.05) is 67.6 Å². The summed E-state index contributed by atoms with van der Waals surface area (Å²) in [6.07, 6.45) is 0.792. The van der Waals surface area contributed by atoms with Gasteiger partial charge in [-0.3, -0.25) is 14.4 Å². The third kappa shape index (κ3) is 11.5. The van der Waals surface area contributed by atoms with Crippen LogP contribution in [-0.2, 0) is 37.1 Å². The zero-order valence-electron chi connectivity index (χ0n) is 21.3. The molecule has 0 heterocycles. The third-order valence-corrected chi connectivity index (χ3v) is 5.94. The topological polar surface area (TPSA) is 111 Å². The molecule has 0 aliphatic carbocycles. The van der Waals surface area contributed by atoms with Crippen molar-refractivity contribution in [2.75, 3.05) is 5.88 Å². The average Bonchev–Trinajstić information content (AvgIpc) is 2.91. The summed E-state index contributed by atoms with van der Waals surface area (Å²) in [5, 5.41) is 5.22. The number of ketones is 1. The normalized spacial score (nSPS) is 13.1. The van der Waals surface area contributed by atoms with Gasteiger partial charge < -0.3 is 20.1 Å². The maximum absolute atomic E-state index is 12.9.